The van der Waals surface area contributed by atoms with Crippen LogP contribution in [-0.4, -0.2) is 43.6 Å². The Kier molecular flexibility index (Phi) is 9.54. The van der Waals surface area contributed by atoms with E-state index in [1.807, 2.05) is 42.5 Å². The first-order chi connectivity index (χ1) is 24.2. The zero-order chi connectivity index (χ0) is 34.8. The van der Waals surface area contributed by atoms with Crippen molar-refractivity contribution >= 4 is 28.6 Å². The van der Waals surface area contributed by atoms with E-state index in [2.05, 4.69) is 35.8 Å². The second-order valence-electron chi connectivity index (χ2n) is 14.9. The average Bonchev–Trinajstić information content (AvgIpc) is 3.74. The molecule has 0 aromatic heterocycles. The molecule has 3 fully saturated rings. The van der Waals surface area contributed by atoms with Gasteiger partial charge in [0, 0.05) is 18.7 Å². The summed E-state index contributed by atoms with van der Waals surface area (Å²) in [6.07, 6.45) is 10.7. The fourth-order valence-electron chi connectivity index (χ4n) is 8.35. The summed E-state index contributed by atoms with van der Waals surface area (Å²) in [6.45, 7) is 3.09. The minimum absolute atomic E-state index is 0.0101. The van der Waals surface area contributed by atoms with Gasteiger partial charge in [-0.05, 0) is 84.6 Å². The molecule has 2 bridgehead atoms. The van der Waals surface area contributed by atoms with Gasteiger partial charge in [-0.15, -0.1) is 0 Å². The van der Waals surface area contributed by atoms with Crippen molar-refractivity contribution in [3.63, 3.8) is 0 Å². The molecule has 4 atom stereocenters. The summed E-state index contributed by atoms with van der Waals surface area (Å²) >= 11 is 0. The highest BCUT2D eigenvalue weighted by atomic mass is 16.5. The molecule has 4 unspecified atom stereocenters. The summed E-state index contributed by atoms with van der Waals surface area (Å²) in [4.78, 5) is 40.3. The molecular formula is C41H45N3O6. The molecule has 7 rings (SSSR count). The first kappa shape index (κ1) is 33.6. The lowest BCUT2D eigenvalue weighted by Gasteiger charge is -2.39. The lowest BCUT2D eigenvalue weighted by atomic mass is 9.70. The first-order valence-electron chi connectivity index (χ1n) is 17.9. The molecule has 0 aliphatic heterocycles. The molecule has 50 heavy (non-hydrogen) atoms. The van der Waals surface area contributed by atoms with Gasteiger partial charge >= 0.3 is 5.97 Å². The third-order valence-electron chi connectivity index (χ3n) is 11.5. The largest absolute Gasteiger partial charge is 0.496 e. The molecule has 9 heteroatoms. The fraction of sp³-hybridized carbons (Fsp3) is 0.463. The lowest BCUT2D eigenvalue weighted by molar-refractivity contribution is -0.151. The van der Waals surface area contributed by atoms with E-state index in [1.54, 1.807) is 6.07 Å². The second-order valence-corrected chi connectivity index (χ2v) is 14.9. The van der Waals surface area contributed by atoms with Crippen molar-refractivity contribution in [3.8, 4) is 17.6 Å². The van der Waals surface area contributed by atoms with Crippen LogP contribution >= 0.6 is 0 Å². The van der Waals surface area contributed by atoms with E-state index in [4.69, 9.17) is 14.2 Å². The van der Waals surface area contributed by atoms with Crippen LogP contribution in [0.4, 0.5) is 0 Å². The van der Waals surface area contributed by atoms with Gasteiger partial charge in [-0.2, -0.15) is 5.26 Å². The summed E-state index contributed by atoms with van der Waals surface area (Å²) in [5.41, 5.74) is 1.65. The van der Waals surface area contributed by atoms with Crippen molar-refractivity contribution in [1.82, 2.24) is 10.6 Å². The maximum absolute atomic E-state index is 13.9. The molecule has 0 saturated heterocycles. The van der Waals surface area contributed by atoms with Gasteiger partial charge in [0.2, 0.25) is 5.91 Å². The minimum atomic E-state index is -0.372. The van der Waals surface area contributed by atoms with Gasteiger partial charge in [-0.3, -0.25) is 14.4 Å². The van der Waals surface area contributed by atoms with Crippen LogP contribution in [0.5, 0.6) is 11.5 Å². The van der Waals surface area contributed by atoms with Crippen LogP contribution in [0.15, 0.2) is 66.7 Å². The number of carbonyl (C=O) groups is 3. The monoisotopic (exact) mass is 675 g/mol. The summed E-state index contributed by atoms with van der Waals surface area (Å²) in [5.74, 6) is -0.427. The molecule has 3 aromatic rings. The summed E-state index contributed by atoms with van der Waals surface area (Å²) in [5, 5.41) is 18.5. The van der Waals surface area contributed by atoms with E-state index < -0.39 is 0 Å². The van der Waals surface area contributed by atoms with E-state index in [1.165, 1.54) is 19.6 Å². The smallest absolute Gasteiger partial charge is 0.309 e. The number of hydrogen-bond acceptors (Lipinski definition) is 7. The van der Waals surface area contributed by atoms with E-state index in [0.717, 1.165) is 35.6 Å². The summed E-state index contributed by atoms with van der Waals surface area (Å²) in [7, 11) is 1.46. The molecule has 4 aliphatic carbocycles. The standard InChI is InChI=1S/C41H45N3O6/c1-41(17-6-18-41)24-43-39(46)36-27-11-12-28(19-27)37(36)44-38(45)33-21-34(30(22-42)20-35(33)48-2)50-31-15-13-26(14-16-31)40(47)49-23-29-9-5-8-25-7-3-4-10-32(25)29/h3-5,7-12,20-21,26-28,31,36-37H,6,13-19,23-24H2,1-2H3,(H,43,46)(H,44,45). The fourth-order valence-corrected chi connectivity index (χ4v) is 8.35. The number of ether oxygens (including phenoxy) is 3. The van der Waals surface area contributed by atoms with Gasteiger partial charge in [0.1, 0.15) is 24.2 Å². The lowest BCUT2D eigenvalue weighted by Crippen LogP contribution is -2.50. The SMILES string of the molecule is COc1cc(C#N)c(OC2CCC(C(=O)OCc3cccc4ccccc34)CC2)cc1C(=O)NC1C2C=CC(C2)C1C(=O)NCC1(C)CCC1. The number of rotatable bonds is 11. The molecule has 3 aromatic carbocycles. The Bertz CT molecular complexity index is 1850. The van der Waals surface area contributed by atoms with Gasteiger partial charge in [0.15, 0.2) is 0 Å². The van der Waals surface area contributed by atoms with Gasteiger partial charge in [0.05, 0.1) is 36.2 Å². The van der Waals surface area contributed by atoms with Gasteiger partial charge in [0.25, 0.3) is 5.91 Å². The van der Waals surface area contributed by atoms with Crippen molar-refractivity contribution in [3.05, 3.63) is 83.4 Å². The highest BCUT2D eigenvalue weighted by Crippen LogP contribution is 2.45. The van der Waals surface area contributed by atoms with Crippen LogP contribution in [0, 0.1) is 40.4 Å². The van der Waals surface area contributed by atoms with Crippen molar-refractivity contribution in [2.45, 2.75) is 77.0 Å². The van der Waals surface area contributed by atoms with Crippen LogP contribution in [0.2, 0.25) is 0 Å². The number of carbonyl (C=O) groups excluding carboxylic acids is 3. The number of nitrogens with one attached hydrogen (secondary N) is 2. The second kappa shape index (κ2) is 14.2. The number of allylic oxidation sites excluding steroid dienone is 1. The third-order valence-corrected chi connectivity index (χ3v) is 11.5. The molecule has 4 aliphatic rings. The molecule has 2 N–H and O–H groups in total. The molecule has 2 amide bonds. The first-order valence-corrected chi connectivity index (χ1v) is 17.9. The molecule has 0 spiro atoms. The normalized spacial score (nSPS) is 26.0. The quantitative estimate of drug-likeness (QED) is 0.173. The molecule has 3 saturated carbocycles. The van der Waals surface area contributed by atoms with Gasteiger partial charge in [-0.1, -0.05) is 68.0 Å². The maximum Gasteiger partial charge on any atom is 0.309 e. The Labute approximate surface area is 293 Å². The van der Waals surface area contributed by atoms with Crippen molar-refractivity contribution in [2.75, 3.05) is 13.7 Å². The van der Waals surface area contributed by atoms with E-state index in [9.17, 15) is 19.6 Å². The van der Waals surface area contributed by atoms with Crippen LogP contribution in [0.3, 0.4) is 0 Å². The number of nitrogens with zero attached hydrogens (tertiary/aromatic N) is 1. The minimum Gasteiger partial charge on any atom is -0.496 e. The molecule has 260 valence electrons. The van der Waals surface area contributed by atoms with Crippen molar-refractivity contribution in [1.29, 1.82) is 5.26 Å². The van der Waals surface area contributed by atoms with Gasteiger partial charge in [-0.25, -0.2) is 0 Å². The summed E-state index contributed by atoms with van der Waals surface area (Å²) < 4.78 is 17.7. The van der Waals surface area contributed by atoms with E-state index in [0.29, 0.717) is 38.0 Å². The molecular weight excluding hydrogens is 630 g/mol. The number of fused-ring (bicyclic) bond motifs is 3. The Hall–Kier alpha value is -4.84. The predicted octanol–water partition coefficient (Wildman–Crippen LogP) is 6.63. The zero-order valence-electron chi connectivity index (χ0n) is 28.8. The predicted molar refractivity (Wildman–Crippen MR) is 188 cm³/mol. The van der Waals surface area contributed by atoms with Crippen molar-refractivity contribution in [2.24, 2.45) is 29.1 Å². The van der Waals surface area contributed by atoms with Crippen LogP contribution in [0.25, 0.3) is 10.8 Å². The highest BCUT2D eigenvalue weighted by molar-refractivity contribution is 5.98. The Morgan fingerprint density at radius 1 is 0.960 bits per heavy atom. The number of methoxy groups -OCH3 is 1. The number of amides is 2. The van der Waals surface area contributed by atoms with Crippen LogP contribution in [-0.2, 0) is 20.9 Å². The Morgan fingerprint density at radius 2 is 1.72 bits per heavy atom. The van der Waals surface area contributed by atoms with E-state index in [-0.39, 0.29) is 82.5 Å². The van der Waals surface area contributed by atoms with Crippen molar-refractivity contribution < 1.29 is 28.6 Å². The maximum atomic E-state index is 13.9. The van der Waals surface area contributed by atoms with Crippen LogP contribution in [0.1, 0.15) is 79.8 Å². The van der Waals surface area contributed by atoms with Gasteiger partial charge < -0.3 is 24.8 Å². The Morgan fingerprint density at radius 3 is 2.46 bits per heavy atom. The number of esters is 1. The zero-order valence-corrected chi connectivity index (χ0v) is 28.8. The topological polar surface area (TPSA) is 127 Å². The number of benzene rings is 3. The summed E-state index contributed by atoms with van der Waals surface area (Å²) in [6, 6.07) is 19.0. The van der Waals surface area contributed by atoms with Crippen LogP contribution < -0.4 is 20.1 Å². The third kappa shape index (κ3) is 6.81. The Balaban J connectivity index is 0.980. The number of nitriles is 1. The highest BCUT2D eigenvalue weighted by Gasteiger charge is 2.49. The molecule has 0 radical (unpaired) electrons. The number of hydrogen-bond donors (Lipinski definition) is 2. The van der Waals surface area contributed by atoms with E-state index >= 15 is 0 Å². The average molecular weight is 676 g/mol. The molecule has 0 heterocycles. The molecule has 9 nitrogen and oxygen atoms in total.